The SMILES string of the molecule is CC(=O)C(CI)NC(=O)CCC(N)C(=O)O. The predicted molar refractivity (Wildman–Crippen MR) is 66.3 cm³/mol. The van der Waals surface area contributed by atoms with Crippen molar-refractivity contribution >= 4 is 40.3 Å². The zero-order chi connectivity index (χ0) is 12.7. The first-order valence-corrected chi connectivity index (χ1v) is 6.25. The van der Waals surface area contributed by atoms with Gasteiger partial charge < -0.3 is 16.2 Å². The first-order valence-electron chi connectivity index (χ1n) is 4.72. The minimum absolute atomic E-state index is 0.00782. The lowest BCUT2D eigenvalue weighted by Gasteiger charge is -2.13. The number of carboxylic acid groups (broad SMARTS) is 1. The maximum atomic E-state index is 11.3. The van der Waals surface area contributed by atoms with Crippen LogP contribution in [0.5, 0.6) is 0 Å². The van der Waals surface area contributed by atoms with E-state index in [1.54, 1.807) is 0 Å². The van der Waals surface area contributed by atoms with E-state index in [0.29, 0.717) is 4.43 Å². The highest BCUT2D eigenvalue weighted by atomic mass is 127. The number of nitrogens with two attached hydrogens (primary N) is 1. The van der Waals surface area contributed by atoms with Gasteiger partial charge in [-0.2, -0.15) is 0 Å². The van der Waals surface area contributed by atoms with Crippen LogP contribution >= 0.6 is 22.6 Å². The van der Waals surface area contributed by atoms with Gasteiger partial charge in [-0.3, -0.25) is 14.4 Å². The quantitative estimate of drug-likeness (QED) is 0.434. The lowest BCUT2D eigenvalue weighted by Crippen LogP contribution is -2.41. The Morgan fingerprint density at radius 2 is 2.00 bits per heavy atom. The van der Waals surface area contributed by atoms with Gasteiger partial charge in [-0.1, -0.05) is 22.6 Å². The van der Waals surface area contributed by atoms with Gasteiger partial charge in [-0.05, 0) is 13.3 Å². The van der Waals surface area contributed by atoms with Crippen molar-refractivity contribution in [2.45, 2.75) is 31.8 Å². The molecule has 0 spiro atoms. The molecular formula is C9H15IN2O4. The van der Waals surface area contributed by atoms with Gasteiger partial charge in [0.25, 0.3) is 0 Å². The minimum atomic E-state index is -1.13. The van der Waals surface area contributed by atoms with Crippen molar-refractivity contribution in [2.75, 3.05) is 4.43 Å². The van der Waals surface area contributed by atoms with Gasteiger partial charge in [-0.15, -0.1) is 0 Å². The normalized spacial score (nSPS) is 13.9. The van der Waals surface area contributed by atoms with E-state index in [1.165, 1.54) is 6.92 Å². The lowest BCUT2D eigenvalue weighted by atomic mass is 10.1. The van der Waals surface area contributed by atoms with Crippen LogP contribution in [0.4, 0.5) is 0 Å². The zero-order valence-electron chi connectivity index (χ0n) is 8.90. The Balaban J connectivity index is 3.99. The summed E-state index contributed by atoms with van der Waals surface area (Å²) in [7, 11) is 0. The second-order valence-corrected chi connectivity index (χ2v) is 4.25. The van der Waals surface area contributed by atoms with E-state index in [-0.39, 0.29) is 24.5 Å². The second-order valence-electron chi connectivity index (χ2n) is 3.37. The molecule has 0 heterocycles. The Kier molecular flexibility index (Phi) is 7.22. The number of alkyl halides is 1. The molecule has 1 amide bonds. The van der Waals surface area contributed by atoms with Gasteiger partial charge in [0.1, 0.15) is 6.04 Å². The molecule has 0 saturated carbocycles. The molecule has 0 aromatic heterocycles. The van der Waals surface area contributed by atoms with E-state index in [9.17, 15) is 14.4 Å². The molecule has 0 aliphatic rings. The van der Waals surface area contributed by atoms with Gasteiger partial charge in [0.2, 0.25) is 5.91 Å². The second kappa shape index (κ2) is 7.55. The number of nitrogens with one attached hydrogen (secondary N) is 1. The number of ketones is 1. The number of carboxylic acids is 1. The van der Waals surface area contributed by atoms with Crippen molar-refractivity contribution in [3.05, 3.63) is 0 Å². The van der Waals surface area contributed by atoms with E-state index in [0.717, 1.165) is 0 Å². The van der Waals surface area contributed by atoms with Crippen molar-refractivity contribution in [3.63, 3.8) is 0 Å². The maximum absolute atomic E-state index is 11.3. The average Bonchev–Trinajstić information content (AvgIpc) is 2.21. The molecule has 7 heteroatoms. The van der Waals surface area contributed by atoms with Crippen LogP contribution in [0, 0.1) is 0 Å². The molecule has 2 unspecified atom stereocenters. The summed E-state index contributed by atoms with van der Waals surface area (Å²) in [6, 6.07) is -1.55. The van der Waals surface area contributed by atoms with E-state index in [4.69, 9.17) is 10.8 Å². The number of aliphatic carboxylic acids is 1. The number of carbonyl (C=O) groups excluding carboxylic acids is 2. The number of halogens is 1. The summed E-state index contributed by atoms with van der Waals surface area (Å²) < 4.78 is 0.490. The number of hydrogen-bond acceptors (Lipinski definition) is 4. The smallest absolute Gasteiger partial charge is 0.320 e. The van der Waals surface area contributed by atoms with Crippen LogP contribution in [-0.2, 0) is 14.4 Å². The molecule has 92 valence electrons. The summed E-state index contributed by atoms with van der Waals surface area (Å²) in [5, 5.41) is 11.0. The van der Waals surface area contributed by atoms with Gasteiger partial charge in [-0.25, -0.2) is 0 Å². The Morgan fingerprint density at radius 1 is 1.44 bits per heavy atom. The fourth-order valence-electron chi connectivity index (χ4n) is 0.925. The van der Waals surface area contributed by atoms with Crippen LogP contribution in [0.2, 0.25) is 0 Å². The highest BCUT2D eigenvalue weighted by molar-refractivity contribution is 14.1. The molecule has 0 aliphatic heterocycles. The molecule has 0 aliphatic carbocycles. The van der Waals surface area contributed by atoms with Crippen molar-refractivity contribution in [3.8, 4) is 0 Å². The van der Waals surface area contributed by atoms with Crippen molar-refractivity contribution in [1.29, 1.82) is 0 Å². The van der Waals surface area contributed by atoms with Gasteiger partial charge in [0, 0.05) is 10.8 Å². The summed E-state index contributed by atoms with van der Waals surface area (Å²) in [5.41, 5.74) is 5.24. The first-order chi connectivity index (χ1) is 7.38. The zero-order valence-corrected chi connectivity index (χ0v) is 11.1. The Morgan fingerprint density at radius 3 is 2.38 bits per heavy atom. The van der Waals surface area contributed by atoms with Crippen LogP contribution in [0.15, 0.2) is 0 Å². The van der Waals surface area contributed by atoms with Crippen LogP contribution in [0.1, 0.15) is 19.8 Å². The Labute approximate surface area is 107 Å². The van der Waals surface area contributed by atoms with Crippen LogP contribution in [0.25, 0.3) is 0 Å². The minimum Gasteiger partial charge on any atom is -0.480 e. The largest absolute Gasteiger partial charge is 0.480 e. The molecule has 0 aromatic carbocycles. The highest BCUT2D eigenvalue weighted by Gasteiger charge is 2.17. The number of rotatable bonds is 7. The van der Waals surface area contributed by atoms with Gasteiger partial charge in [0.15, 0.2) is 5.78 Å². The predicted octanol–water partition coefficient (Wildman–Crippen LogP) is -0.313. The number of hydrogen-bond donors (Lipinski definition) is 3. The molecule has 2 atom stereocenters. The lowest BCUT2D eigenvalue weighted by molar-refractivity contribution is -0.138. The van der Waals surface area contributed by atoms with E-state index >= 15 is 0 Å². The third-order valence-electron chi connectivity index (χ3n) is 1.98. The fourth-order valence-corrected chi connectivity index (χ4v) is 1.77. The molecule has 0 bridgehead atoms. The standard InChI is InChI=1S/C9H15IN2O4/c1-5(13)7(4-10)12-8(14)3-2-6(11)9(15)16/h6-7H,2-4,11H2,1H3,(H,12,14)(H,15,16). The maximum Gasteiger partial charge on any atom is 0.320 e. The Bertz CT molecular complexity index is 283. The molecule has 0 rings (SSSR count). The third-order valence-corrected chi connectivity index (χ3v) is 2.86. The highest BCUT2D eigenvalue weighted by Crippen LogP contribution is 1.98. The van der Waals surface area contributed by atoms with Crippen molar-refractivity contribution < 1.29 is 19.5 Å². The summed E-state index contributed by atoms with van der Waals surface area (Å²) in [4.78, 5) is 32.7. The molecule has 0 fully saturated rings. The van der Waals surface area contributed by atoms with Gasteiger partial charge in [0.05, 0.1) is 6.04 Å². The van der Waals surface area contributed by atoms with Crippen LogP contribution < -0.4 is 11.1 Å². The van der Waals surface area contributed by atoms with E-state index < -0.39 is 18.1 Å². The van der Waals surface area contributed by atoms with Gasteiger partial charge >= 0.3 is 5.97 Å². The molecule has 16 heavy (non-hydrogen) atoms. The summed E-state index contributed by atoms with van der Waals surface area (Å²) in [5.74, 6) is -1.61. The van der Waals surface area contributed by atoms with Crippen LogP contribution in [-0.4, -0.2) is 39.3 Å². The molecule has 0 radical (unpaired) electrons. The monoisotopic (exact) mass is 342 g/mol. The average molecular weight is 342 g/mol. The van der Waals surface area contributed by atoms with Crippen molar-refractivity contribution in [2.24, 2.45) is 5.73 Å². The third kappa shape index (κ3) is 6.01. The molecule has 0 saturated heterocycles. The first kappa shape index (κ1) is 15.3. The summed E-state index contributed by atoms with van der Waals surface area (Å²) in [6.07, 6.45) is 0.0704. The van der Waals surface area contributed by atoms with Crippen molar-refractivity contribution in [1.82, 2.24) is 5.32 Å². The molecule has 4 N–H and O–H groups in total. The van der Waals surface area contributed by atoms with E-state index in [1.807, 2.05) is 22.6 Å². The molecular weight excluding hydrogens is 327 g/mol. The fraction of sp³-hybridized carbons (Fsp3) is 0.667. The summed E-state index contributed by atoms with van der Waals surface area (Å²) >= 11 is 2.00. The molecule has 6 nitrogen and oxygen atoms in total. The number of Topliss-reactive ketones (excluding diaryl/α,β-unsaturated/α-hetero) is 1. The number of amides is 1. The van der Waals surface area contributed by atoms with Crippen LogP contribution in [0.3, 0.4) is 0 Å². The van der Waals surface area contributed by atoms with E-state index in [2.05, 4.69) is 5.32 Å². The summed E-state index contributed by atoms with van der Waals surface area (Å²) in [6.45, 7) is 1.40. The molecule has 0 aromatic rings. The number of carbonyl (C=O) groups is 3. The Hall–Kier alpha value is -0.700. The topological polar surface area (TPSA) is 109 Å².